The SMILES string of the molecule is CC(=O)Oc1cccc(C(=O)NCCNC(=O)c2ccc(-n3cccc3)cc2)c1. The van der Waals surface area contributed by atoms with Crippen molar-refractivity contribution in [3.63, 3.8) is 0 Å². The molecule has 29 heavy (non-hydrogen) atoms. The number of aromatic nitrogens is 1. The molecule has 7 nitrogen and oxygen atoms in total. The Hall–Kier alpha value is -3.87. The van der Waals surface area contributed by atoms with E-state index in [4.69, 9.17) is 4.74 Å². The Morgan fingerprint density at radius 3 is 2.07 bits per heavy atom. The Morgan fingerprint density at radius 2 is 1.45 bits per heavy atom. The molecule has 0 aliphatic heterocycles. The maximum Gasteiger partial charge on any atom is 0.308 e. The fourth-order valence-corrected chi connectivity index (χ4v) is 2.71. The second kappa shape index (κ2) is 9.36. The minimum Gasteiger partial charge on any atom is -0.427 e. The van der Waals surface area contributed by atoms with Crippen molar-refractivity contribution in [2.75, 3.05) is 13.1 Å². The minimum absolute atomic E-state index is 0.213. The van der Waals surface area contributed by atoms with Crippen molar-refractivity contribution in [2.45, 2.75) is 6.92 Å². The third kappa shape index (κ3) is 5.55. The Morgan fingerprint density at radius 1 is 0.828 bits per heavy atom. The van der Waals surface area contributed by atoms with Crippen molar-refractivity contribution in [3.8, 4) is 11.4 Å². The van der Waals surface area contributed by atoms with Gasteiger partial charge in [-0.2, -0.15) is 0 Å². The third-order valence-corrected chi connectivity index (χ3v) is 4.09. The number of carbonyl (C=O) groups is 3. The van der Waals surface area contributed by atoms with Crippen LogP contribution in [0.25, 0.3) is 5.69 Å². The summed E-state index contributed by atoms with van der Waals surface area (Å²) in [6.45, 7) is 1.85. The zero-order chi connectivity index (χ0) is 20.6. The maximum absolute atomic E-state index is 12.2. The van der Waals surface area contributed by atoms with Crippen LogP contribution in [0, 0.1) is 0 Å². The summed E-state index contributed by atoms with van der Waals surface area (Å²) >= 11 is 0. The molecule has 2 amide bonds. The lowest BCUT2D eigenvalue weighted by Gasteiger charge is -2.09. The van der Waals surface area contributed by atoms with Gasteiger partial charge in [-0.1, -0.05) is 6.07 Å². The quantitative estimate of drug-likeness (QED) is 0.368. The predicted molar refractivity (Wildman–Crippen MR) is 108 cm³/mol. The van der Waals surface area contributed by atoms with Crippen molar-refractivity contribution in [1.82, 2.24) is 15.2 Å². The highest BCUT2D eigenvalue weighted by Gasteiger charge is 2.09. The van der Waals surface area contributed by atoms with Crippen LogP contribution >= 0.6 is 0 Å². The van der Waals surface area contributed by atoms with Crippen LogP contribution in [0.4, 0.5) is 0 Å². The smallest absolute Gasteiger partial charge is 0.308 e. The van der Waals surface area contributed by atoms with Crippen LogP contribution in [0.15, 0.2) is 73.1 Å². The number of hydrogen-bond acceptors (Lipinski definition) is 4. The number of esters is 1. The first-order valence-corrected chi connectivity index (χ1v) is 9.11. The number of ether oxygens (including phenoxy) is 1. The Balaban J connectivity index is 1.46. The number of benzene rings is 2. The first kappa shape index (κ1) is 19.9. The van der Waals surface area contributed by atoms with Crippen molar-refractivity contribution in [3.05, 3.63) is 84.2 Å². The van der Waals surface area contributed by atoms with E-state index in [-0.39, 0.29) is 24.9 Å². The monoisotopic (exact) mass is 391 g/mol. The second-order valence-electron chi connectivity index (χ2n) is 6.27. The van der Waals surface area contributed by atoms with E-state index < -0.39 is 5.97 Å². The van der Waals surface area contributed by atoms with Crippen LogP contribution in [0.1, 0.15) is 27.6 Å². The summed E-state index contributed by atoms with van der Waals surface area (Å²) in [6, 6.07) is 17.4. The predicted octanol–water partition coefficient (Wildman–Crippen LogP) is 2.56. The molecule has 148 valence electrons. The van der Waals surface area contributed by atoms with Crippen molar-refractivity contribution in [2.24, 2.45) is 0 Å². The molecule has 0 saturated heterocycles. The number of nitrogens with zero attached hydrogens (tertiary/aromatic N) is 1. The molecule has 0 unspecified atom stereocenters. The third-order valence-electron chi connectivity index (χ3n) is 4.09. The number of carbonyl (C=O) groups excluding carboxylic acids is 3. The van der Waals surface area contributed by atoms with Crippen LogP contribution in [0.3, 0.4) is 0 Å². The molecule has 0 aliphatic carbocycles. The van der Waals surface area contributed by atoms with Crippen molar-refractivity contribution >= 4 is 17.8 Å². The van der Waals surface area contributed by atoms with E-state index in [2.05, 4.69) is 10.6 Å². The van der Waals surface area contributed by atoms with Gasteiger partial charge in [-0.3, -0.25) is 14.4 Å². The van der Waals surface area contributed by atoms with Crippen LogP contribution in [-0.2, 0) is 4.79 Å². The Labute approximate surface area is 168 Å². The summed E-state index contributed by atoms with van der Waals surface area (Å²) in [5.41, 5.74) is 1.88. The minimum atomic E-state index is -0.452. The van der Waals surface area contributed by atoms with Gasteiger partial charge < -0.3 is 19.9 Å². The maximum atomic E-state index is 12.2. The molecule has 0 saturated carbocycles. The number of rotatable bonds is 7. The van der Waals surface area contributed by atoms with Gasteiger partial charge in [0.15, 0.2) is 0 Å². The normalized spacial score (nSPS) is 10.2. The van der Waals surface area contributed by atoms with Gasteiger partial charge >= 0.3 is 5.97 Å². The molecule has 0 radical (unpaired) electrons. The molecular formula is C22H21N3O4. The molecule has 0 spiro atoms. The number of nitrogens with one attached hydrogen (secondary N) is 2. The van der Waals surface area contributed by atoms with E-state index >= 15 is 0 Å². The average molecular weight is 391 g/mol. The summed E-state index contributed by atoms with van der Waals surface area (Å²) in [5.74, 6) is -0.673. The molecular weight excluding hydrogens is 370 g/mol. The zero-order valence-electron chi connectivity index (χ0n) is 15.9. The van der Waals surface area contributed by atoms with Crippen LogP contribution in [-0.4, -0.2) is 35.4 Å². The van der Waals surface area contributed by atoms with Gasteiger partial charge in [0.05, 0.1) is 0 Å². The molecule has 2 aromatic carbocycles. The van der Waals surface area contributed by atoms with E-state index in [1.807, 2.05) is 41.2 Å². The highest BCUT2D eigenvalue weighted by molar-refractivity contribution is 5.95. The fourth-order valence-electron chi connectivity index (χ4n) is 2.71. The summed E-state index contributed by atoms with van der Waals surface area (Å²) < 4.78 is 6.92. The van der Waals surface area contributed by atoms with Crippen molar-refractivity contribution < 1.29 is 19.1 Å². The van der Waals surface area contributed by atoms with Gasteiger partial charge in [0.1, 0.15) is 5.75 Å². The molecule has 7 heteroatoms. The fraction of sp³-hybridized carbons (Fsp3) is 0.136. The lowest BCUT2D eigenvalue weighted by atomic mass is 10.2. The van der Waals surface area contributed by atoms with Gasteiger partial charge in [-0.15, -0.1) is 0 Å². The van der Waals surface area contributed by atoms with Crippen molar-refractivity contribution in [1.29, 1.82) is 0 Å². The van der Waals surface area contributed by atoms with Crippen LogP contribution in [0.2, 0.25) is 0 Å². The summed E-state index contributed by atoms with van der Waals surface area (Å²) in [4.78, 5) is 35.4. The first-order chi connectivity index (χ1) is 14.0. The Bertz CT molecular complexity index is 995. The lowest BCUT2D eigenvalue weighted by Crippen LogP contribution is -2.34. The molecule has 0 fully saturated rings. The molecule has 0 bridgehead atoms. The van der Waals surface area contributed by atoms with Gasteiger partial charge in [0, 0.05) is 49.2 Å². The second-order valence-corrected chi connectivity index (χ2v) is 6.27. The molecule has 3 rings (SSSR count). The molecule has 0 aliphatic rings. The van der Waals surface area contributed by atoms with Crippen LogP contribution < -0.4 is 15.4 Å². The highest BCUT2D eigenvalue weighted by Crippen LogP contribution is 2.13. The van der Waals surface area contributed by atoms with E-state index in [1.165, 1.54) is 13.0 Å². The summed E-state index contributed by atoms with van der Waals surface area (Å²) in [7, 11) is 0. The number of hydrogen-bond donors (Lipinski definition) is 2. The lowest BCUT2D eigenvalue weighted by molar-refractivity contribution is -0.131. The average Bonchev–Trinajstić information content (AvgIpc) is 3.25. The standard InChI is InChI=1S/C22H21N3O4/c1-16(26)29-20-6-4-5-18(15-20)22(28)24-12-11-23-21(27)17-7-9-19(10-8-17)25-13-2-3-14-25/h2-10,13-15H,11-12H2,1H3,(H,23,27)(H,24,28). The first-order valence-electron chi connectivity index (χ1n) is 9.11. The summed E-state index contributed by atoms with van der Waals surface area (Å²) in [6.07, 6.45) is 3.86. The number of amides is 2. The molecule has 3 aromatic rings. The van der Waals surface area contributed by atoms with Gasteiger partial charge in [0.25, 0.3) is 11.8 Å². The van der Waals surface area contributed by atoms with Gasteiger partial charge in [-0.05, 0) is 54.6 Å². The zero-order valence-corrected chi connectivity index (χ0v) is 15.9. The van der Waals surface area contributed by atoms with E-state index in [0.717, 1.165) is 5.69 Å². The molecule has 2 N–H and O–H groups in total. The van der Waals surface area contributed by atoms with E-state index in [9.17, 15) is 14.4 Å². The molecule has 1 aromatic heterocycles. The highest BCUT2D eigenvalue weighted by atomic mass is 16.5. The van der Waals surface area contributed by atoms with E-state index in [0.29, 0.717) is 16.9 Å². The topological polar surface area (TPSA) is 89.4 Å². The largest absolute Gasteiger partial charge is 0.427 e. The van der Waals surface area contributed by atoms with Gasteiger partial charge in [-0.25, -0.2) is 0 Å². The molecule has 0 atom stereocenters. The Kier molecular flexibility index (Phi) is 6.42. The summed E-state index contributed by atoms with van der Waals surface area (Å²) in [5, 5.41) is 5.48. The van der Waals surface area contributed by atoms with Crippen LogP contribution in [0.5, 0.6) is 5.75 Å². The molecule has 1 heterocycles. The van der Waals surface area contributed by atoms with E-state index in [1.54, 1.807) is 30.3 Å². The van der Waals surface area contributed by atoms with Gasteiger partial charge in [0.2, 0.25) is 0 Å².